The second kappa shape index (κ2) is 9.44. The first kappa shape index (κ1) is 19.3. The number of ether oxygens (including phenoxy) is 2. The second-order valence-electron chi connectivity index (χ2n) is 5.15. The van der Waals surface area contributed by atoms with Crippen LogP contribution in [-0.4, -0.2) is 24.5 Å². The van der Waals surface area contributed by atoms with Crippen LogP contribution in [0, 0.1) is 11.3 Å². The van der Waals surface area contributed by atoms with Crippen molar-refractivity contribution in [3.63, 3.8) is 0 Å². The molecule has 0 aromatic heterocycles. The van der Waals surface area contributed by atoms with Gasteiger partial charge < -0.3 is 9.47 Å². The summed E-state index contributed by atoms with van der Waals surface area (Å²) in [4.78, 5) is 23.7. The summed E-state index contributed by atoms with van der Waals surface area (Å²) in [5, 5.41) is 8.95. The van der Waals surface area contributed by atoms with Gasteiger partial charge in [0.2, 0.25) is 0 Å². The van der Waals surface area contributed by atoms with Gasteiger partial charge in [-0.1, -0.05) is 34.1 Å². The van der Waals surface area contributed by atoms with Crippen LogP contribution in [0.4, 0.5) is 0 Å². The molecule has 0 saturated carbocycles. The van der Waals surface area contributed by atoms with Crippen molar-refractivity contribution in [3.05, 3.63) is 58.6 Å². The van der Waals surface area contributed by atoms with Crippen LogP contribution in [0.25, 0.3) is 0 Å². The smallest absolute Gasteiger partial charge is 0.279 e. The molecule has 26 heavy (non-hydrogen) atoms. The Kier molecular flexibility index (Phi) is 7.00. The lowest BCUT2D eigenvalue weighted by molar-refractivity contribution is -0.133. The third-order valence-corrected chi connectivity index (χ3v) is 3.66. The van der Waals surface area contributed by atoms with Gasteiger partial charge in [-0.3, -0.25) is 20.4 Å². The van der Waals surface area contributed by atoms with Crippen molar-refractivity contribution in [2.45, 2.75) is 13.0 Å². The summed E-state index contributed by atoms with van der Waals surface area (Å²) in [5.74, 6) is -0.274. The van der Waals surface area contributed by atoms with Gasteiger partial charge in [-0.05, 0) is 37.3 Å². The van der Waals surface area contributed by atoms with E-state index in [1.54, 1.807) is 49.4 Å². The van der Waals surface area contributed by atoms with Gasteiger partial charge in [0.05, 0.1) is 5.56 Å². The van der Waals surface area contributed by atoms with E-state index in [-0.39, 0.29) is 6.61 Å². The normalized spacial score (nSPS) is 11.0. The van der Waals surface area contributed by atoms with Crippen LogP contribution in [0.3, 0.4) is 0 Å². The van der Waals surface area contributed by atoms with Gasteiger partial charge in [-0.2, -0.15) is 5.26 Å². The number of nitrogens with zero attached hydrogens (tertiary/aromatic N) is 1. The number of carbonyl (C=O) groups excluding carboxylic acids is 2. The summed E-state index contributed by atoms with van der Waals surface area (Å²) < 4.78 is 11.6. The highest BCUT2D eigenvalue weighted by molar-refractivity contribution is 9.10. The largest absolute Gasteiger partial charge is 0.482 e. The number of nitrogens with one attached hydrogen (secondary N) is 2. The maximum absolute atomic E-state index is 12.0. The van der Waals surface area contributed by atoms with Crippen LogP contribution in [0.1, 0.15) is 12.5 Å². The lowest BCUT2D eigenvalue weighted by Crippen LogP contribution is -2.48. The number of amides is 2. The van der Waals surface area contributed by atoms with E-state index in [2.05, 4.69) is 26.8 Å². The van der Waals surface area contributed by atoms with Crippen molar-refractivity contribution in [2.24, 2.45) is 0 Å². The highest BCUT2D eigenvalue weighted by atomic mass is 79.9. The Labute approximate surface area is 159 Å². The number of rotatable bonds is 6. The molecule has 2 rings (SSSR count). The zero-order valence-corrected chi connectivity index (χ0v) is 15.4. The second-order valence-corrected chi connectivity index (χ2v) is 6.07. The molecule has 2 N–H and O–H groups in total. The maximum atomic E-state index is 12.0. The van der Waals surface area contributed by atoms with Crippen LogP contribution in [0.15, 0.2) is 53.0 Å². The van der Waals surface area contributed by atoms with Crippen LogP contribution in [-0.2, 0) is 9.59 Å². The molecule has 0 heterocycles. The summed E-state index contributed by atoms with van der Waals surface area (Å²) in [6, 6.07) is 15.6. The van der Waals surface area contributed by atoms with Crippen molar-refractivity contribution in [1.29, 1.82) is 5.26 Å². The average molecular weight is 418 g/mol. The standard InChI is InChI=1S/C18H16BrN3O4/c1-12(26-15-7-4-6-14(19)9-15)18(24)22-21-17(23)11-25-16-8-3-2-5-13(16)10-20/h2-9,12H,11H2,1H3,(H,21,23)(H,22,24)/t12-/m0/s1. The molecular formula is C18H16BrN3O4. The maximum Gasteiger partial charge on any atom is 0.279 e. The van der Waals surface area contributed by atoms with Crippen LogP contribution >= 0.6 is 15.9 Å². The van der Waals surface area contributed by atoms with Crippen LogP contribution in [0.5, 0.6) is 11.5 Å². The van der Waals surface area contributed by atoms with Gasteiger partial charge in [0, 0.05) is 4.47 Å². The fourth-order valence-corrected chi connectivity index (χ4v) is 2.27. The van der Waals surface area contributed by atoms with E-state index in [4.69, 9.17) is 14.7 Å². The Balaban J connectivity index is 1.77. The predicted octanol–water partition coefficient (Wildman–Crippen LogP) is 2.31. The minimum absolute atomic E-state index is 0.294. The van der Waals surface area contributed by atoms with E-state index in [1.807, 2.05) is 12.1 Å². The van der Waals surface area contributed by atoms with Crippen LogP contribution < -0.4 is 20.3 Å². The molecule has 0 unspecified atom stereocenters. The molecule has 7 nitrogen and oxygen atoms in total. The third-order valence-electron chi connectivity index (χ3n) is 3.17. The molecular weight excluding hydrogens is 402 g/mol. The first-order chi connectivity index (χ1) is 12.5. The van der Waals surface area contributed by atoms with Crippen molar-refractivity contribution >= 4 is 27.7 Å². The summed E-state index contributed by atoms with van der Waals surface area (Å²) in [5.41, 5.74) is 4.81. The van der Waals surface area contributed by atoms with Crippen LogP contribution in [0.2, 0.25) is 0 Å². The zero-order chi connectivity index (χ0) is 18.9. The number of hydrazine groups is 1. The third kappa shape index (κ3) is 5.79. The Morgan fingerprint density at radius 1 is 1.19 bits per heavy atom. The lowest BCUT2D eigenvalue weighted by atomic mass is 10.2. The Morgan fingerprint density at radius 3 is 2.69 bits per heavy atom. The van der Waals surface area contributed by atoms with Gasteiger partial charge in [0.15, 0.2) is 12.7 Å². The molecule has 0 aliphatic carbocycles. The number of benzene rings is 2. The monoisotopic (exact) mass is 417 g/mol. The Bertz CT molecular complexity index is 835. The molecule has 1 atom stereocenters. The number of hydrogen-bond donors (Lipinski definition) is 2. The van der Waals surface area contributed by atoms with Crippen molar-refractivity contribution in [3.8, 4) is 17.6 Å². The molecule has 2 aromatic carbocycles. The summed E-state index contributed by atoms with van der Waals surface area (Å²) >= 11 is 3.31. The first-order valence-electron chi connectivity index (χ1n) is 7.62. The fraction of sp³-hybridized carbons (Fsp3) is 0.167. The highest BCUT2D eigenvalue weighted by Gasteiger charge is 2.16. The summed E-state index contributed by atoms with van der Waals surface area (Å²) in [7, 11) is 0. The van der Waals surface area contributed by atoms with Crippen molar-refractivity contribution in [1.82, 2.24) is 10.9 Å². The summed E-state index contributed by atoms with van der Waals surface area (Å²) in [6.07, 6.45) is -0.815. The minimum atomic E-state index is -0.815. The van der Waals surface area contributed by atoms with Gasteiger partial charge in [0.1, 0.15) is 17.6 Å². The predicted molar refractivity (Wildman–Crippen MR) is 97.2 cm³/mol. The molecule has 2 aromatic rings. The van der Waals surface area contributed by atoms with E-state index >= 15 is 0 Å². The van der Waals surface area contributed by atoms with E-state index in [0.717, 1.165) is 4.47 Å². The quantitative estimate of drug-likeness (QED) is 0.702. The Morgan fingerprint density at radius 2 is 1.96 bits per heavy atom. The molecule has 2 amide bonds. The number of hydrogen-bond acceptors (Lipinski definition) is 5. The first-order valence-corrected chi connectivity index (χ1v) is 8.41. The molecule has 134 valence electrons. The molecule has 0 spiro atoms. The summed E-state index contributed by atoms with van der Waals surface area (Å²) in [6.45, 7) is 1.21. The molecule has 0 aliphatic rings. The van der Waals surface area contributed by atoms with E-state index < -0.39 is 17.9 Å². The molecule has 0 radical (unpaired) electrons. The molecule has 0 aliphatic heterocycles. The number of nitriles is 1. The SMILES string of the molecule is C[C@H](Oc1cccc(Br)c1)C(=O)NNC(=O)COc1ccccc1C#N. The highest BCUT2D eigenvalue weighted by Crippen LogP contribution is 2.19. The molecule has 8 heteroatoms. The average Bonchev–Trinajstić information content (AvgIpc) is 2.64. The van der Waals surface area contributed by atoms with Gasteiger partial charge in [0.25, 0.3) is 11.8 Å². The van der Waals surface area contributed by atoms with Crippen molar-refractivity contribution in [2.75, 3.05) is 6.61 Å². The van der Waals surface area contributed by atoms with Gasteiger partial charge >= 0.3 is 0 Å². The van der Waals surface area contributed by atoms with E-state index in [9.17, 15) is 9.59 Å². The number of halogens is 1. The topological polar surface area (TPSA) is 100 Å². The van der Waals surface area contributed by atoms with E-state index in [0.29, 0.717) is 17.1 Å². The van der Waals surface area contributed by atoms with Gasteiger partial charge in [-0.25, -0.2) is 0 Å². The van der Waals surface area contributed by atoms with Crippen molar-refractivity contribution < 1.29 is 19.1 Å². The molecule has 0 fully saturated rings. The fourth-order valence-electron chi connectivity index (χ4n) is 1.90. The number of carbonyl (C=O) groups is 2. The molecule has 0 saturated heterocycles. The minimum Gasteiger partial charge on any atom is -0.482 e. The zero-order valence-electron chi connectivity index (χ0n) is 13.9. The van der Waals surface area contributed by atoms with Gasteiger partial charge in [-0.15, -0.1) is 0 Å². The molecule has 0 bridgehead atoms. The van der Waals surface area contributed by atoms with E-state index in [1.165, 1.54) is 0 Å². The lowest BCUT2D eigenvalue weighted by Gasteiger charge is -2.15. The number of para-hydroxylation sites is 1. The Hall–Kier alpha value is -3.05.